The predicted molar refractivity (Wildman–Crippen MR) is 122 cm³/mol. The number of hydrogen-bond donors (Lipinski definition) is 0. The number of amides is 1. The first-order valence-corrected chi connectivity index (χ1v) is 12.2. The van der Waals surface area contributed by atoms with Crippen molar-refractivity contribution in [3.05, 3.63) is 35.2 Å². The molecule has 1 aliphatic heterocycles. The van der Waals surface area contributed by atoms with Gasteiger partial charge in [0.15, 0.2) is 5.82 Å². The second kappa shape index (κ2) is 7.03. The van der Waals surface area contributed by atoms with E-state index in [0.717, 1.165) is 64.1 Å². The third kappa shape index (κ3) is 3.07. The summed E-state index contributed by atoms with van der Waals surface area (Å²) in [7, 11) is 0. The van der Waals surface area contributed by atoms with Crippen LogP contribution in [0.25, 0.3) is 0 Å². The first kappa shape index (κ1) is 20.2. The molecule has 1 aromatic heterocycles. The number of aryl methyl sites for hydroxylation is 3. The fourth-order valence-electron chi connectivity index (χ4n) is 7.73. The predicted octanol–water partition coefficient (Wildman–Crippen LogP) is 3.24. The lowest BCUT2D eigenvalue weighted by Gasteiger charge is -2.61. The molecule has 4 bridgehead atoms. The molecule has 0 spiro atoms. The summed E-state index contributed by atoms with van der Waals surface area (Å²) in [4.78, 5) is 20.5. The van der Waals surface area contributed by atoms with E-state index in [-0.39, 0.29) is 11.0 Å². The molecule has 7 heteroatoms. The average Bonchev–Trinajstić information content (AvgIpc) is 3.21. The molecular weight excluding hydrogens is 400 g/mol. The van der Waals surface area contributed by atoms with E-state index in [1.165, 1.54) is 23.2 Å². The lowest BCUT2D eigenvalue weighted by molar-refractivity contribution is -0.168. The van der Waals surface area contributed by atoms with Gasteiger partial charge >= 0.3 is 0 Å². The summed E-state index contributed by atoms with van der Waals surface area (Å²) in [6, 6.07) is 6.66. The lowest BCUT2D eigenvalue weighted by atomic mass is 9.46. The van der Waals surface area contributed by atoms with Gasteiger partial charge < -0.3 is 9.80 Å². The van der Waals surface area contributed by atoms with E-state index >= 15 is 0 Å². The van der Waals surface area contributed by atoms with Crippen molar-refractivity contribution in [3.8, 4) is 0 Å². The minimum Gasteiger partial charge on any atom is -0.368 e. The number of piperazine rings is 1. The highest BCUT2D eigenvalue weighted by atomic mass is 16.2. The van der Waals surface area contributed by atoms with Crippen LogP contribution in [0.3, 0.4) is 0 Å². The Morgan fingerprint density at radius 2 is 1.72 bits per heavy atom. The zero-order valence-corrected chi connectivity index (χ0v) is 19.5. The molecule has 0 N–H and O–H groups in total. The number of benzene rings is 1. The van der Waals surface area contributed by atoms with E-state index in [9.17, 15) is 4.79 Å². The fourth-order valence-corrected chi connectivity index (χ4v) is 7.73. The van der Waals surface area contributed by atoms with Crippen LogP contribution in [-0.2, 0) is 10.3 Å². The zero-order chi connectivity index (χ0) is 22.1. The van der Waals surface area contributed by atoms with E-state index in [4.69, 9.17) is 0 Å². The molecule has 1 amide bonds. The van der Waals surface area contributed by atoms with Gasteiger partial charge in [-0.05, 0) is 93.5 Å². The van der Waals surface area contributed by atoms with Crippen LogP contribution in [0.4, 0.5) is 5.69 Å². The largest absolute Gasteiger partial charge is 0.368 e. The molecule has 170 valence electrons. The van der Waals surface area contributed by atoms with Crippen molar-refractivity contribution in [1.29, 1.82) is 0 Å². The van der Waals surface area contributed by atoms with E-state index in [1.54, 1.807) is 0 Å². The van der Waals surface area contributed by atoms with Crippen LogP contribution >= 0.6 is 0 Å². The molecular formula is C25H34N6O. The Hall–Kier alpha value is -2.44. The van der Waals surface area contributed by atoms with Crippen LogP contribution < -0.4 is 4.90 Å². The molecule has 5 aliphatic rings. The molecule has 1 aromatic carbocycles. The van der Waals surface area contributed by atoms with Gasteiger partial charge in [-0.2, -0.15) is 4.80 Å². The molecule has 4 aliphatic carbocycles. The van der Waals surface area contributed by atoms with Crippen LogP contribution in [0, 0.1) is 38.0 Å². The normalized spacial score (nSPS) is 33.7. The zero-order valence-electron chi connectivity index (χ0n) is 19.5. The molecule has 4 saturated carbocycles. The third-order valence-electron chi connectivity index (χ3n) is 8.69. The number of aromatic nitrogens is 4. The van der Waals surface area contributed by atoms with Crippen LogP contribution in [-0.4, -0.2) is 57.2 Å². The van der Waals surface area contributed by atoms with Crippen LogP contribution in [0.2, 0.25) is 0 Å². The number of hydrogen-bond acceptors (Lipinski definition) is 5. The maximum absolute atomic E-state index is 14.0. The average molecular weight is 435 g/mol. The fraction of sp³-hybridized carbons (Fsp3) is 0.680. The van der Waals surface area contributed by atoms with Gasteiger partial charge in [0, 0.05) is 31.9 Å². The summed E-state index contributed by atoms with van der Waals surface area (Å²) >= 11 is 0. The van der Waals surface area contributed by atoms with Gasteiger partial charge in [0.25, 0.3) is 0 Å². The van der Waals surface area contributed by atoms with E-state index < -0.39 is 0 Å². The monoisotopic (exact) mass is 434 g/mol. The second-order valence-corrected chi connectivity index (χ2v) is 11.2. The Balaban J connectivity index is 1.22. The molecule has 2 atom stereocenters. The summed E-state index contributed by atoms with van der Waals surface area (Å²) in [5.74, 6) is 2.35. The number of nitrogens with zero attached hydrogens (tertiary/aromatic N) is 6. The smallest absolute Gasteiger partial charge is 0.229 e. The first-order chi connectivity index (χ1) is 15.4. The number of tetrazole rings is 1. The molecule has 0 unspecified atom stereocenters. The molecule has 7 rings (SSSR count). The van der Waals surface area contributed by atoms with Gasteiger partial charge in [0.05, 0.1) is 11.0 Å². The Labute approximate surface area is 190 Å². The van der Waals surface area contributed by atoms with Crippen molar-refractivity contribution in [3.63, 3.8) is 0 Å². The van der Waals surface area contributed by atoms with Gasteiger partial charge in [-0.1, -0.05) is 12.1 Å². The summed E-state index contributed by atoms with van der Waals surface area (Å²) in [5, 5.41) is 13.2. The van der Waals surface area contributed by atoms with Gasteiger partial charge in [0.1, 0.15) is 0 Å². The Kier molecular flexibility index (Phi) is 4.43. The molecule has 7 nitrogen and oxygen atoms in total. The van der Waals surface area contributed by atoms with Crippen molar-refractivity contribution in [2.24, 2.45) is 17.3 Å². The van der Waals surface area contributed by atoms with Crippen molar-refractivity contribution >= 4 is 11.6 Å². The van der Waals surface area contributed by atoms with Crippen molar-refractivity contribution in [2.75, 3.05) is 31.1 Å². The SMILES string of the molecule is Cc1ccc(C)c(N2CCN(C(=O)C34C[C@H]5C[C@H](C3)CC(n3nnc(C)n3)(C5)C4)CC2)c1. The first-order valence-electron chi connectivity index (χ1n) is 12.2. The van der Waals surface area contributed by atoms with Crippen molar-refractivity contribution in [2.45, 2.75) is 64.8 Å². The quantitative estimate of drug-likeness (QED) is 0.742. The van der Waals surface area contributed by atoms with Gasteiger partial charge in [-0.15, -0.1) is 10.2 Å². The van der Waals surface area contributed by atoms with Crippen LogP contribution in [0.15, 0.2) is 18.2 Å². The summed E-state index contributed by atoms with van der Waals surface area (Å²) < 4.78 is 0. The minimum absolute atomic E-state index is 0.110. The van der Waals surface area contributed by atoms with E-state index in [2.05, 4.69) is 57.3 Å². The maximum atomic E-state index is 14.0. The third-order valence-corrected chi connectivity index (χ3v) is 8.69. The Bertz CT molecular complexity index is 1040. The van der Waals surface area contributed by atoms with Crippen molar-refractivity contribution < 1.29 is 4.79 Å². The molecule has 0 radical (unpaired) electrons. The topological polar surface area (TPSA) is 67.2 Å². The molecule has 32 heavy (non-hydrogen) atoms. The van der Waals surface area contributed by atoms with E-state index in [0.29, 0.717) is 17.7 Å². The van der Waals surface area contributed by atoms with Gasteiger partial charge in [-0.25, -0.2) is 0 Å². The van der Waals surface area contributed by atoms with Gasteiger partial charge in [0.2, 0.25) is 5.91 Å². The molecule has 5 fully saturated rings. The highest BCUT2D eigenvalue weighted by molar-refractivity contribution is 5.84. The second-order valence-electron chi connectivity index (χ2n) is 11.2. The van der Waals surface area contributed by atoms with E-state index in [1.807, 2.05) is 11.7 Å². The highest BCUT2D eigenvalue weighted by Gasteiger charge is 2.63. The lowest BCUT2D eigenvalue weighted by Crippen LogP contribution is -2.63. The molecule has 2 aromatic rings. The van der Waals surface area contributed by atoms with Crippen molar-refractivity contribution in [1.82, 2.24) is 25.1 Å². The number of carbonyl (C=O) groups is 1. The van der Waals surface area contributed by atoms with Crippen LogP contribution in [0.1, 0.15) is 55.5 Å². The number of anilines is 1. The number of carbonyl (C=O) groups excluding carboxylic acids is 1. The summed E-state index contributed by atoms with van der Waals surface area (Å²) in [5.41, 5.74) is 3.58. The highest BCUT2D eigenvalue weighted by Crippen LogP contribution is 2.64. The summed E-state index contributed by atoms with van der Waals surface area (Å²) in [6.45, 7) is 9.69. The van der Waals surface area contributed by atoms with Gasteiger partial charge in [-0.3, -0.25) is 4.79 Å². The standard InChI is InChI=1S/C25H34N6O/c1-17-4-5-18(2)22(10-17)29-6-8-30(9-7-29)23(32)24-12-20-11-21(13-24)15-25(14-20,16-24)31-27-19(3)26-28-31/h4-5,10,20-21H,6-9,11-16H2,1-3H3/t20-,21-,24?,25?/m1/s1. The number of rotatable bonds is 3. The maximum Gasteiger partial charge on any atom is 0.229 e. The summed E-state index contributed by atoms with van der Waals surface area (Å²) in [6.07, 6.45) is 6.47. The Morgan fingerprint density at radius 1 is 1.00 bits per heavy atom. The van der Waals surface area contributed by atoms with Crippen LogP contribution in [0.5, 0.6) is 0 Å². The Morgan fingerprint density at radius 3 is 2.38 bits per heavy atom. The minimum atomic E-state index is -0.229. The molecule has 1 saturated heterocycles. The molecule has 2 heterocycles.